The van der Waals surface area contributed by atoms with Crippen LogP contribution in [0.15, 0.2) is 46.5 Å². The molecule has 3 rings (SSSR count). The van der Waals surface area contributed by atoms with Gasteiger partial charge in [0.15, 0.2) is 0 Å². The number of hydrogen-bond acceptors (Lipinski definition) is 5. The van der Waals surface area contributed by atoms with Crippen molar-refractivity contribution in [2.45, 2.75) is 6.92 Å². The quantitative estimate of drug-likeness (QED) is 0.497. The second kappa shape index (κ2) is 7.44. The van der Waals surface area contributed by atoms with Crippen LogP contribution in [-0.4, -0.2) is 26.7 Å². The average molecular weight is 400 g/mol. The largest absolute Gasteiger partial charge is 0.458 e. The summed E-state index contributed by atoms with van der Waals surface area (Å²) in [4.78, 5) is 42.4. The summed E-state index contributed by atoms with van der Waals surface area (Å²) < 4.78 is 7.48. The smallest absolute Gasteiger partial charge is 0.340 e. The Hall–Kier alpha value is -3.19. The van der Waals surface area contributed by atoms with Crippen LogP contribution in [0.5, 0.6) is 0 Å². The molecular weight excluding hydrogens is 382 g/mol. The van der Waals surface area contributed by atoms with Gasteiger partial charge in [0.1, 0.15) is 12.3 Å². The zero-order valence-corrected chi connectivity index (χ0v) is 16.4. The molecule has 2 aromatic heterocycles. The summed E-state index contributed by atoms with van der Waals surface area (Å²) in [5, 5.41) is 0.665. The van der Waals surface area contributed by atoms with Crippen molar-refractivity contribution in [2.75, 3.05) is 6.61 Å². The van der Waals surface area contributed by atoms with E-state index in [9.17, 15) is 14.4 Å². The maximum atomic E-state index is 13.0. The SMILES string of the molecule is C=CCOC(=O)c1c(C)nc2c(c1-c1ccc(Cl)cc1)c(=O)n(C)c(=O)n2C. The highest BCUT2D eigenvalue weighted by Crippen LogP contribution is 2.32. The number of halogens is 1. The first-order valence-corrected chi connectivity index (χ1v) is 8.80. The highest BCUT2D eigenvalue weighted by atomic mass is 35.5. The van der Waals surface area contributed by atoms with E-state index in [4.69, 9.17) is 16.3 Å². The van der Waals surface area contributed by atoms with Crippen LogP contribution in [0, 0.1) is 6.92 Å². The van der Waals surface area contributed by atoms with E-state index in [2.05, 4.69) is 11.6 Å². The lowest BCUT2D eigenvalue weighted by Crippen LogP contribution is -2.38. The Balaban J connectivity index is 2.54. The normalized spacial score (nSPS) is 10.9. The number of hydrogen-bond donors (Lipinski definition) is 0. The van der Waals surface area contributed by atoms with Gasteiger partial charge in [0.05, 0.1) is 16.6 Å². The standard InChI is InChI=1S/C20H18ClN3O4/c1-5-10-28-19(26)14-11(2)22-17-16(18(25)24(4)20(27)23(17)3)15(14)12-6-8-13(21)9-7-12/h5-9H,1,10H2,2-4H3. The Morgan fingerprint density at radius 1 is 1.21 bits per heavy atom. The van der Waals surface area contributed by atoms with E-state index >= 15 is 0 Å². The molecule has 0 aliphatic rings. The van der Waals surface area contributed by atoms with E-state index in [1.54, 1.807) is 31.2 Å². The minimum atomic E-state index is -0.632. The van der Waals surface area contributed by atoms with E-state index < -0.39 is 17.2 Å². The van der Waals surface area contributed by atoms with E-state index in [1.807, 2.05) is 0 Å². The molecule has 0 saturated heterocycles. The number of ether oxygens (including phenoxy) is 1. The highest BCUT2D eigenvalue weighted by molar-refractivity contribution is 6.30. The molecule has 7 nitrogen and oxygen atoms in total. The molecule has 144 valence electrons. The fourth-order valence-corrected chi connectivity index (χ4v) is 3.19. The van der Waals surface area contributed by atoms with Crippen LogP contribution in [0.3, 0.4) is 0 Å². The van der Waals surface area contributed by atoms with Crippen molar-refractivity contribution in [2.24, 2.45) is 14.1 Å². The lowest BCUT2D eigenvalue weighted by Gasteiger charge is -2.16. The monoisotopic (exact) mass is 399 g/mol. The Bertz CT molecular complexity index is 1220. The highest BCUT2D eigenvalue weighted by Gasteiger charge is 2.25. The third-order valence-electron chi connectivity index (χ3n) is 4.44. The topological polar surface area (TPSA) is 83.2 Å². The number of fused-ring (bicyclic) bond motifs is 1. The Morgan fingerprint density at radius 2 is 1.86 bits per heavy atom. The predicted molar refractivity (Wildman–Crippen MR) is 108 cm³/mol. The first-order valence-electron chi connectivity index (χ1n) is 8.42. The fraction of sp³-hybridized carbons (Fsp3) is 0.200. The summed E-state index contributed by atoms with van der Waals surface area (Å²) in [7, 11) is 2.91. The predicted octanol–water partition coefficient (Wildman–Crippen LogP) is 2.60. The second-order valence-corrected chi connectivity index (χ2v) is 6.68. The van der Waals surface area contributed by atoms with Crippen LogP contribution < -0.4 is 11.2 Å². The maximum absolute atomic E-state index is 13.0. The molecule has 0 radical (unpaired) electrons. The number of carbonyl (C=O) groups excluding carboxylic acids is 1. The van der Waals surface area contributed by atoms with Crippen LogP contribution in [0.2, 0.25) is 5.02 Å². The summed E-state index contributed by atoms with van der Waals surface area (Å²) in [6, 6.07) is 6.71. The lowest BCUT2D eigenvalue weighted by molar-refractivity contribution is 0.0549. The van der Waals surface area contributed by atoms with Gasteiger partial charge in [0, 0.05) is 24.7 Å². The maximum Gasteiger partial charge on any atom is 0.340 e. The Morgan fingerprint density at radius 3 is 2.46 bits per heavy atom. The molecule has 0 unspecified atom stereocenters. The van der Waals surface area contributed by atoms with Crippen LogP contribution in [0.1, 0.15) is 16.1 Å². The van der Waals surface area contributed by atoms with Gasteiger partial charge in [-0.3, -0.25) is 13.9 Å². The number of aryl methyl sites for hydroxylation is 2. The van der Waals surface area contributed by atoms with E-state index in [0.29, 0.717) is 21.8 Å². The molecule has 0 saturated carbocycles. The van der Waals surface area contributed by atoms with Gasteiger partial charge in [-0.05, 0) is 24.6 Å². The molecule has 1 aromatic carbocycles. The molecule has 2 heterocycles. The lowest BCUT2D eigenvalue weighted by atomic mass is 9.96. The molecule has 28 heavy (non-hydrogen) atoms. The third-order valence-corrected chi connectivity index (χ3v) is 4.69. The van der Waals surface area contributed by atoms with Crippen LogP contribution in [-0.2, 0) is 18.8 Å². The van der Waals surface area contributed by atoms with Gasteiger partial charge < -0.3 is 4.74 Å². The molecule has 0 aliphatic carbocycles. The molecular formula is C20H18ClN3O4. The second-order valence-electron chi connectivity index (χ2n) is 6.25. The number of nitrogens with zero attached hydrogens (tertiary/aromatic N) is 3. The van der Waals surface area contributed by atoms with Gasteiger partial charge in [-0.25, -0.2) is 14.6 Å². The zero-order chi connectivity index (χ0) is 20.6. The van der Waals surface area contributed by atoms with Crippen molar-refractivity contribution in [1.82, 2.24) is 14.1 Å². The third kappa shape index (κ3) is 3.14. The van der Waals surface area contributed by atoms with Crippen molar-refractivity contribution in [1.29, 1.82) is 0 Å². The number of esters is 1. The van der Waals surface area contributed by atoms with Crippen molar-refractivity contribution >= 4 is 28.6 Å². The molecule has 3 aromatic rings. The van der Waals surface area contributed by atoms with Crippen molar-refractivity contribution in [3.05, 3.63) is 74.0 Å². The van der Waals surface area contributed by atoms with Crippen molar-refractivity contribution < 1.29 is 9.53 Å². The van der Waals surface area contributed by atoms with Gasteiger partial charge in [-0.2, -0.15) is 0 Å². The van der Waals surface area contributed by atoms with Crippen LogP contribution in [0.25, 0.3) is 22.2 Å². The molecule has 0 aliphatic heterocycles. The molecule has 0 spiro atoms. The summed E-state index contributed by atoms with van der Waals surface area (Å²) >= 11 is 6.00. The van der Waals surface area contributed by atoms with E-state index in [0.717, 1.165) is 4.57 Å². The minimum Gasteiger partial charge on any atom is -0.458 e. The van der Waals surface area contributed by atoms with Crippen LogP contribution in [0.4, 0.5) is 0 Å². The summed E-state index contributed by atoms with van der Waals surface area (Å²) in [6.07, 6.45) is 1.45. The van der Waals surface area contributed by atoms with E-state index in [-0.39, 0.29) is 23.2 Å². The van der Waals surface area contributed by atoms with Gasteiger partial charge in [0.25, 0.3) is 5.56 Å². The van der Waals surface area contributed by atoms with Crippen molar-refractivity contribution in [3.63, 3.8) is 0 Å². The number of benzene rings is 1. The van der Waals surface area contributed by atoms with Gasteiger partial charge in [0.2, 0.25) is 0 Å². The fourth-order valence-electron chi connectivity index (χ4n) is 3.07. The molecule has 0 N–H and O–H groups in total. The average Bonchev–Trinajstić information content (AvgIpc) is 2.68. The number of aromatic nitrogens is 3. The van der Waals surface area contributed by atoms with Crippen LogP contribution >= 0.6 is 11.6 Å². The summed E-state index contributed by atoms with van der Waals surface area (Å²) in [5.74, 6) is -0.632. The number of pyridine rings is 1. The van der Waals surface area contributed by atoms with Gasteiger partial charge in [-0.15, -0.1) is 0 Å². The molecule has 0 atom stereocenters. The zero-order valence-electron chi connectivity index (χ0n) is 15.7. The van der Waals surface area contributed by atoms with Crippen molar-refractivity contribution in [3.8, 4) is 11.1 Å². The van der Waals surface area contributed by atoms with E-state index in [1.165, 1.54) is 24.7 Å². The van der Waals surface area contributed by atoms with Gasteiger partial charge in [-0.1, -0.05) is 36.4 Å². The number of carbonyl (C=O) groups is 1. The van der Waals surface area contributed by atoms with Gasteiger partial charge >= 0.3 is 11.7 Å². The molecule has 8 heteroatoms. The summed E-state index contributed by atoms with van der Waals surface area (Å²) in [6.45, 7) is 5.18. The molecule has 0 amide bonds. The number of rotatable bonds is 4. The Kier molecular flexibility index (Phi) is 5.20. The molecule has 0 bridgehead atoms. The summed E-state index contributed by atoms with van der Waals surface area (Å²) in [5.41, 5.74) is 0.574. The minimum absolute atomic E-state index is 0.0155. The first kappa shape index (κ1) is 19.6. The molecule has 0 fully saturated rings. The first-order chi connectivity index (χ1) is 13.3. The Labute approximate surface area is 165 Å².